The van der Waals surface area contributed by atoms with Gasteiger partial charge in [0.2, 0.25) is 0 Å². The molecule has 15 heavy (non-hydrogen) atoms. The Morgan fingerprint density at radius 3 is 2.60 bits per heavy atom. The average molecular weight is 207 g/mol. The van der Waals surface area contributed by atoms with Crippen LogP contribution in [-0.4, -0.2) is 23.0 Å². The third-order valence-electron chi connectivity index (χ3n) is 2.05. The van der Waals surface area contributed by atoms with E-state index >= 15 is 0 Å². The van der Waals surface area contributed by atoms with Crippen LogP contribution in [0.3, 0.4) is 0 Å². The first kappa shape index (κ1) is 11.7. The molecule has 0 fully saturated rings. The Labute approximate surface area is 89.9 Å². The number of carbonyl (C=O) groups excluding carboxylic acids is 1. The molecule has 0 bridgehead atoms. The van der Waals surface area contributed by atoms with Gasteiger partial charge in [0.15, 0.2) is 0 Å². The van der Waals surface area contributed by atoms with E-state index in [2.05, 4.69) is 10.3 Å². The van der Waals surface area contributed by atoms with E-state index < -0.39 is 0 Å². The number of nitrogens with two attached hydrogens (primary N) is 1. The lowest BCUT2D eigenvalue weighted by atomic mass is 10.1. The topological polar surface area (TPSA) is 68.0 Å². The minimum Gasteiger partial charge on any atom is -0.350 e. The van der Waals surface area contributed by atoms with E-state index in [4.69, 9.17) is 5.73 Å². The highest BCUT2D eigenvalue weighted by atomic mass is 16.1. The maximum atomic E-state index is 11.7. The monoisotopic (exact) mass is 207 g/mol. The predicted octanol–water partition coefficient (Wildman–Crippen LogP) is 0.937. The van der Waals surface area contributed by atoms with Gasteiger partial charge in [0.25, 0.3) is 5.91 Å². The van der Waals surface area contributed by atoms with Crippen molar-refractivity contribution in [2.45, 2.75) is 32.4 Å². The molecule has 1 aromatic rings. The van der Waals surface area contributed by atoms with E-state index in [-0.39, 0.29) is 18.0 Å². The molecule has 1 heterocycles. The summed E-state index contributed by atoms with van der Waals surface area (Å²) in [5.74, 6) is -0.0782. The SMILES string of the molecule is CC(N)CC(C)NC(=O)c1ccncc1. The summed E-state index contributed by atoms with van der Waals surface area (Å²) in [7, 11) is 0. The first-order valence-corrected chi connectivity index (χ1v) is 5.06. The second kappa shape index (κ2) is 5.46. The van der Waals surface area contributed by atoms with Crippen molar-refractivity contribution in [3.63, 3.8) is 0 Å². The van der Waals surface area contributed by atoms with E-state index in [0.717, 1.165) is 6.42 Å². The number of hydrogen-bond donors (Lipinski definition) is 2. The van der Waals surface area contributed by atoms with Crippen molar-refractivity contribution in [3.8, 4) is 0 Å². The Morgan fingerprint density at radius 2 is 2.07 bits per heavy atom. The Hall–Kier alpha value is -1.42. The van der Waals surface area contributed by atoms with E-state index in [1.54, 1.807) is 24.5 Å². The minimum atomic E-state index is -0.0782. The second-order valence-electron chi connectivity index (χ2n) is 3.82. The lowest BCUT2D eigenvalue weighted by Crippen LogP contribution is -2.36. The molecular formula is C11H17N3O. The van der Waals surface area contributed by atoms with Crippen LogP contribution in [0.1, 0.15) is 30.6 Å². The van der Waals surface area contributed by atoms with Crippen LogP contribution in [0.25, 0.3) is 0 Å². The molecule has 1 aromatic heterocycles. The molecule has 1 amide bonds. The molecule has 82 valence electrons. The molecule has 1 rings (SSSR count). The van der Waals surface area contributed by atoms with E-state index in [9.17, 15) is 4.79 Å². The summed E-state index contributed by atoms with van der Waals surface area (Å²) in [5, 5.41) is 2.88. The van der Waals surface area contributed by atoms with Gasteiger partial charge < -0.3 is 11.1 Å². The van der Waals surface area contributed by atoms with Gasteiger partial charge in [0.05, 0.1) is 0 Å². The lowest BCUT2D eigenvalue weighted by molar-refractivity contribution is 0.0937. The first-order chi connectivity index (χ1) is 7.09. The van der Waals surface area contributed by atoms with Gasteiger partial charge in [-0.2, -0.15) is 0 Å². The van der Waals surface area contributed by atoms with Gasteiger partial charge in [-0.1, -0.05) is 0 Å². The smallest absolute Gasteiger partial charge is 0.251 e. The lowest BCUT2D eigenvalue weighted by Gasteiger charge is -2.15. The molecule has 0 spiro atoms. The number of pyridine rings is 1. The van der Waals surface area contributed by atoms with Crippen LogP contribution >= 0.6 is 0 Å². The highest BCUT2D eigenvalue weighted by Crippen LogP contribution is 1.99. The van der Waals surface area contributed by atoms with Crippen molar-refractivity contribution >= 4 is 5.91 Å². The highest BCUT2D eigenvalue weighted by Gasteiger charge is 2.10. The molecule has 0 aliphatic heterocycles. The Morgan fingerprint density at radius 1 is 1.47 bits per heavy atom. The van der Waals surface area contributed by atoms with Crippen molar-refractivity contribution in [1.82, 2.24) is 10.3 Å². The molecule has 0 radical (unpaired) electrons. The third-order valence-corrected chi connectivity index (χ3v) is 2.05. The number of rotatable bonds is 4. The molecule has 0 aromatic carbocycles. The molecular weight excluding hydrogens is 190 g/mol. The minimum absolute atomic E-state index is 0.0782. The Balaban J connectivity index is 2.49. The molecule has 0 aliphatic rings. The van der Waals surface area contributed by atoms with Gasteiger partial charge in [0.1, 0.15) is 0 Å². The number of nitrogens with zero attached hydrogens (tertiary/aromatic N) is 1. The average Bonchev–Trinajstić information content (AvgIpc) is 2.17. The van der Waals surface area contributed by atoms with Crippen molar-refractivity contribution < 1.29 is 4.79 Å². The summed E-state index contributed by atoms with van der Waals surface area (Å²) >= 11 is 0. The largest absolute Gasteiger partial charge is 0.350 e. The van der Waals surface area contributed by atoms with Crippen LogP contribution in [0, 0.1) is 0 Å². The maximum Gasteiger partial charge on any atom is 0.251 e. The highest BCUT2D eigenvalue weighted by molar-refractivity contribution is 5.94. The van der Waals surface area contributed by atoms with Crippen molar-refractivity contribution in [1.29, 1.82) is 0 Å². The Bertz CT molecular complexity index is 311. The molecule has 4 heteroatoms. The van der Waals surface area contributed by atoms with Gasteiger partial charge in [-0.15, -0.1) is 0 Å². The summed E-state index contributed by atoms with van der Waals surface area (Å²) in [4.78, 5) is 15.5. The summed E-state index contributed by atoms with van der Waals surface area (Å²) in [6.45, 7) is 3.87. The molecule has 3 N–H and O–H groups in total. The van der Waals surface area contributed by atoms with Gasteiger partial charge in [-0.05, 0) is 32.4 Å². The van der Waals surface area contributed by atoms with Crippen LogP contribution in [0.2, 0.25) is 0 Å². The number of amides is 1. The van der Waals surface area contributed by atoms with Crippen molar-refractivity contribution in [2.75, 3.05) is 0 Å². The van der Waals surface area contributed by atoms with Crippen molar-refractivity contribution in [2.24, 2.45) is 5.73 Å². The van der Waals surface area contributed by atoms with Crippen molar-refractivity contribution in [3.05, 3.63) is 30.1 Å². The summed E-state index contributed by atoms with van der Waals surface area (Å²) in [6, 6.07) is 3.56. The fourth-order valence-corrected chi connectivity index (χ4v) is 1.43. The van der Waals surface area contributed by atoms with E-state index in [1.165, 1.54) is 0 Å². The van der Waals surface area contributed by atoms with Gasteiger partial charge in [-0.3, -0.25) is 9.78 Å². The summed E-state index contributed by atoms with van der Waals surface area (Å²) < 4.78 is 0. The summed E-state index contributed by atoms with van der Waals surface area (Å²) in [6.07, 6.45) is 3.98. The van der Waals surface area contributed by atoms with Crippen LogP contribution in [-0.2, 0) is 0 Å². The first-order valence-electron chi connectivity index (χ1n) is 5.06. The predicted molar refractivity (Wildman–Crippen MR) is 59.4 cm³/mol. The molecule has 0 aliphatic carbocycles. The zero-order chi connectivity index (χ0) is 11.3. The zero-order valence-electron chi connectivity index (χ0n) is 9.10. The van der Waals surface area contributed by atoms with Crippen LogP contribution in [0.15, 0.2) is 24.5 Å². The zero-order valence-corrected chi connectivity index (χ0v) is 9.10. The van der Waals surface area contributed by atoms with E-state index in [0.29, 0.717) is 5.56 Å². The maximum absolute atomic E-state index is 11.7. The number of carbonyl (C=O) groups is 1. The normalized spacial score (nSPS) is 14.3. The second-order valence-corrected chi connectivity index (χ2v) is 3.82. The van der Waals surface area contributed by atoms with Crippen LogP contribution in [0.5, 0.6) is 0 Å². The molecule has 4 nitrogen and oxygen atoms in total. The van der Waals surface area contributed by atoms with Gasteiger partial charge >= 0.3 is 0 Å². The van der Waals surface area contributed by atoms with Crippen LogP contribution < -0.4 is 11.1 Å². The molecule has 2 atom stereocenters. The van der Waals surface area contributed by atoms with Crippen LogP contribution in [0.4, 0.5) is 0 Å². The fourth-order valence-electron chi connectivity index (χ4n) is 1.43. The third kappa shape index (κ3) is 4.08. The van der Waals surface area contributed by atoms with Gasteiger partial charge in [0, 0.05) is 30.0 Å². The fraction of sp³-hybridized carbons (Fsp3) is 0.455. The van der Waals surface area contributed by atoms with E-state index in [1.807, 2.05) is 13.8 Å². The molecule has 0 saturated heterocycles. The number of aromatic nitrogens is 1. The Kier molecular flexibility index (Phi) is 4.24. The van der Waals surface area contributed by atoms with Gasteiger partial charge in [-0.25, -0.2) is 0 Å². The molecule has 0 saturated carbocycles. The summed E-state index contributed by atoms with van der Waals surface area (Å²) in [5.41, 5.74) is 6.27. The molecule has 2 unspecified atom stereocenters. The number of hydrogen-bond acceptors (Lipinski definition) is 3. The standard InChI is InChI=1S/C11H17N3O/c1-8(12)7-9(2)14-11(15)10-3-5-13-6-4-10/h3-6,8-9H,7,12H2,1-2H3,(H,14,15). The quantitative estimate of drug-likeness (QED) is 0.772. The number of nitrogens with one attached hydrogen (secondary N) is 1.